The molecule has 2 saturated heterocycles. The van der Waals surface area contributed by atoms with Gasteiger partial charge in [0.1, 0.15) is 0 Å². The number of carbonyl (C=O) groups excluding carboxylic acids is 1. The van der Waals surface area contributed by atoms with Gasteiger partial charge in [0.25, 0.3) is 0 Å². The van der Waals surface area contributed by atoms with E-state index in [0.29, 0.717) is 25.0 Å². The molecule has 22 heavy (non-hydrogen) atoms. The Bertz CT molecular complexity index is 526. The number of likely N-dealkylation sites (tertiary alicyclic amines) is 1. The molecule has 3 atom stereocenters. The number of morpholine rings is 1. The third kappa shape index (κ3) is 3.33. The Morgan fingerprint density at radius 2 is 2.23 bits per heavy atom. The molecule has 4 heteroatoms. The molecule has 1 amide bonds. The number of benzene rings is 1. The zero-order valence-corrected chi connectivity index (χ0v) is 13.5. The van der Waals surface area contributed by atoms with Crippen LogP contribution in [0.3, 0.4) is 0 Å². The summed E-state index contributed by atoms with van der Waals surface area (Å²) in [6.07, 6.45) is 1.61. The molecule has 120 valence electrons. The predicted octanol–water partition coefficient (Wildman–Crippen LogP) is 2.08. The largest absolute Gasteiger partial charge is 0.378 e. The van der Waals surface area contributed by atoms with Crippen LogP contribution in [-0.2, 0) is 9.53 Å². The van der Waals surface area contributed by atoms with Gasteiger partial charge < -0.3 is 15.0 Å². The molecule has 0 aliphatic carbocycles. The van der Waals surface area contributed by atoms with Crippen molar-refractivity contribution in [3.05, 3.63) is 35.4 Å². The van der Waals surface area contributed by atoms with Crippen LogP contribution in [0.1, 0.15) is 36.8 Å². The van der Waals surface area contributed by atoms with Crippen molar-refractivity contribution in [2.24, 2.45) is 0 Å². The topological polar surface area (TPSA) is 41.6 Å². The van der Waals surface area contributed by atoms with Crippen molar-refractivity contribution in [1.29, 1.82) is 0 Å². The maximum atomic E-state index is 12.6. The summed E-state index contributed by atoms with van der Waals surface area (Å²) in [6, 6.07) is 9.04. The summed E-state index contributed by atoms with van der Waals surface area (Å²) in [7, 11) is 0. The maximum Gasteiger partial charge on any atom is 0.224 e. The summed E-state index contributed by atoms with van der Waals surface area (Å²) < 4.78 is 5.45. The molecule has 0 saturated carbocycles. The molecule has 2 aliphatic heterocycles. The highest BCUT2D eigenvalue weighted by molar-refractivity contribution is 5.77. The van der Waals surface area contributed by atoms with Gasteiger partial charge in [-0.25, -0.2) is 0 Å². The van der Waals surface area contributed by atoms with Crippen LogP contribution in [0.4, 0.5) is 0 Å². The normalized spacial score (nSPS) is 28.8. The lowest BCUT2D eigenvalue weighted by molar-refractivity contribution is -0.133. The van der Waals surface area contributed by atoms with Crippen LogP contribution in [0.2, 0.25) is 0 Å². The Balaban J connectivity index is 1.63. The molecule has 0 radical (unpaired) electrons. The fourth-order valence-corrected chi connectivity index (χ4v) is 3.73. The minimum Gasteiger partial charge on any atom is -0.378 e. The van der Waals surface area contributed by atoms with E-state index < -0.39 is 0 Å². The SMILES string of the molecule is Cc1ccccc1C1CC(C)N(C(=O)CC2COCCN2)C1. The van der Waals surface area contributed by atoms with Crippen LogP contribution in [-0.4, -0.2) is 49.2 Å². The van der Waals surface area contributed by atoms with E-state index in [9.17, 15) is 4.79 Å². The maximum absolute atomic E-state index is 12.6. The Kier molecular flexibility index (Phi) is 4.79. The fraction of sp³-hybridized carbons (Fsp3) is 0.611. The van der Waals surface area contributed by atoms with Gasteiger partial charge in [-0.2, -0.15) is 0 Å². The van der Waals surface area contributed by atoms with Gasteiger partial charge in [0, 0.05) is 37.5 Å². The second kappa shape index (κ2) is 6.80. The molecular formula is C18H26N2O2. The van der Waals surface area contributed by atoms with Crippen molar-refractivity contribution in [2.45, 2.75) is 44.7 Å². The molecule has 2 aliphatic rings. The zero-order valence-electron chi connectivity index (χ0n) is 13.5. The molecule has 1 aromatic carbocycles. The molecule has 2 fully saturated rings. The molecule has 1 N–H and O–H groups in total. The lowest BCUT2D eigenvalue weighted by atomic mass is 9.93. The van der Waals surface area contributed by atoms with Crippen molar-refractivity contribution < 1.29 is 9.53 Å². The van der Waals surface area contributed by atoms with Gasteiger partial charge in [0.2, 0.25) is 5.91 Å². The van der Waals surface area contributed by atoms with Crippen LogP contribution >= 0.6 is 0 Å². The quantitative estimate of drug-likeness (QED) is 0.929. The van der Waals surface area contributed by atoms with Crippen LogP contribution in [0.15, 0.2) is 24.3 Å². The average Bonchev–Trinajstić information content (AvgIpc) is 2.90. The van der Waals surface area contributed by atoms with Crippen molar-refractivity contribution in [1.82, 2.24) is 10.2 Å². The second-order valence-electron chi connectivity index (χ2n) is 6.61. The summed E-state index contributed by atoms with van der Waals surface area (Å²) >= 11 is 0. The molecular weight excluding hydrogens is 276 g/mol. The summed E-state index contributed by atoms with van der Waals surface area (Å²) in [5, 5.41) is 3.37. The Morgan fingerprint density at radius 1 is 1.41 bits per heavy atom. The van der Waals surface area contributed by atoms with E-state index in [1.54, 1.807) is 0 Å². The lowest BCUT2D eigenvalue weighted by Crippen LogP contribution is -2.45. The van der Waals surface area contributed by atoms with E-state index in [0.717, 1.165) is 26.1 Å². The first-order valence-electron chi connectivity index (χ1n) is 8.31. The van der Waals surface area contributed by atoms with Gasteiger partial charge in [0.05, 0.1) is 13.2 Å². The minimum atomic E-state index is 0.172. The predicted molar refractivity (Wildman–Crippen MR) is 86.9 cm³/mol. The zero-order chi connectivity index (χ0) is 15.5. The molecule has 0 aromatic heterocycles. The minimum absolute atomic E-state index is 0.172. The van der Waals surface area contributed by atoms with E-state index in [4.69, 9.17) is 4.74 Å². The second-order valence-corrected chi connectivity index (χ2v) is 6.61. The smallest absolute Gasteiger partial charge is 0.224 e. The number of nitrogens with one attached hydrogen (secondary N) is 1. The Hall–Kier alpha value is -1.39. The number of amides is 1. The average molecular weight is 302 g/mol. The first-order valence-corrected chi connectivity index (χ1v) is 8.31. The number of aryl methyl sites for hydroxylation is 1. The number of hydrogen-bond acceptors (Lipinski definition) is 3. The highest BCUT2D eigenvalue weighted by Crippen LogP contribution is 2.33. The standard InChI is InChI=1S/C18H26N2O2/c1-13-5-3-4-6-17(13)15-9-14(2)20(11-15)18(21)10-16-12-22-8-7-19-16/h3-6,14-16,19H,7-12H2,1-2H3. The Labute approximate surface area is 132 Å². The van der Waals surface area contributed by atoms with E-state index in [1.807, 2.05) is 0 Å². The van der Waals surface area contributed by atoms with Crippen molar-refractivity contribution >= 4 is 5.91 Å². The third-order valence-electron chi connectivity index (χ3n) is 4.94. The summed E-state index contributed by atoms with van der Waals surface area (Å²) in [5.41, 5.74) is 2.72. The number of rotatable bonds is 3. The monoisotopic (exact) mass is 302 g/mol. The van der Waals surface area contributed by atoms with Crippen LogP contribution in [0.25, 0.3) is 0 Å². The first-order chi connectivity index (χ1) is 10.6. The number of carbonyl (C=O) groups is 1. The van der Waals surface area contributed by atoms with E-state index >= 15 is 0 Å². The molecule has 4 nitrogen and oxygen atoms in total. The van der Waals surface area contributed by atoms with Gasteiger partial charge >= 0.3 is 0 Å². The van der Waals surface area contributed by atoms with Crippen molar-refractivity contribution in [3.63, 3.8) is 0 Å². The number of ether oxygens (including phenoxy) is 1. The molecule has 1 aromatic rings. The van der Waals surface area contributed by atoms with Gasteiger partial charge in [-0.05, 0) is 31.4 Å². The summed E-state index contributed by atoms with van der Waals surface area (Å²) in [5.74, 6) is 0.724. The van der Waals surface area contributed by atoms with Crippen molar-refractivity contribution in [2.75, 3.05) is 26.3 Å². The fourth-order valence-electron chi connectivity index (χ4n) is 3.73. The molecule has 3 rings (SSSR count). The molecule has 0 bridgehead atoms. The van der Waals surface area contributed by atoms with Crippen LogP contribution < -0.4 is 5.32 Å². The highest BCUT2D eigenvalue weighted by Gasteiger charge is 2.34. The first kappa shape index (κ1) is 15.5. The molecule has 0 spiro atoms. The van der Waals surface area contributed by atoms with E-state index in [1.165, 1.54) is 11.1 Å². The van der Waals surface area contributed by atoms with Gasteiger partial charge in [-0.1, -0.05) is 24.3 Å². The van der Waals surface area contributed by atoms with Crippen LogP contribution in [0.5, 0.6) is 0 Å². The number of hydrogen-bond donors (Lipinski definition) is 1. The molecule has 2 heterocycles. The van der Waals surface area contributed by atoms with Crippen LogP contribution in [0, 0.1) is 6.92 Å². The highest BCUT2D eigenvalue weighted by atomic mass is 16.5. The third-order valence-corrected chi connectivity index (χ3v) is 4.94. The number of nitrogens with zero attached hydrogens (tertiary/aromatic N) is 1. The van der Waals surface area contributed by atoms with E-state index in [2.05, 4.69) is 48.3 Å². The molecule has 3 unspecified atom stereocenters. The van der Waals surface area contributed by atoms with E-state index in [-0.39, 0.29) is 11.9 Å². The van der Waals surface area contributed by atoms with Gasteiger partial charge in [0.15, 0.2) is 0 Å². The van der Waals surface area contributed by atoms with Gasteiger partial charge in [-0.15, -0.1) is 0 Å². The lowest BCUT2D eigenvalue weighted by Gasteiger charge is -2.27. The summed E-state index contributed by atoms with van der Waals surface area (Å²) in [4.78, 5) is 14.7. The summed E-state index contributed by atoms with van der Waals surface area (Å²) in [6.45, 7) is 7.42. The van der Waals surface area contributed by atoms with Gasteiger partial charge in [-0.3, -0.25) is 4.79 Å². The Morgan fingerprint density at radius 3 is 2.95 bits per heavy atom. The van der Waals surface area contributed by atoms with Crippen molar-refractivity contribution in [3.8, 4) is 0 Å².